The minimum atomic E-state index is -3.62. The van der Waals surface area contributed by atoms with Gasteiger partial charge in [-0.15, -0.1) is 0 Å². The molecule has 0 aliphatic rings. The second-order valence-electron chi connectivity index (χ2n) is 6.34. The highest BCUT2D eigenvalue weighted by Gasteiger charge is 2.13. The largest absolute Gasteiger partial charge is 0.370 e. The zero-order chi connectivity index (χ0) is 20.1. The molecule has 0 saturated heterocycles. The van der Waals surface area contributed by atoms with Gasteiger partial charge in [-0.1, -0.05) is 17.7 Å². The molecular formula is C20H23N5O2S. The van der Waals surface area contributed by atoms with Crippen LogP contribution in [0.1, 0.15) is 18.3 Å². The molecule has 3 N–H and O–H groups in total. The molecule has 0 aliphatic heterocycles. The fourth-order valence-corrected chi connectivity index (χ4v) is 3.66. The Morgan fingerprint density at radius 2 is 1.46 bits per heavy atom. The number of hydrogen-bond donors (Lipinski definition) is 3. The molecule has 1 heterocycles. The predicted molar refractivity (Wildman–Crippen MR) is 113 cm³/mol. The Hall–Kier alpha value is -3.13. The fourth-order valence-electron chi connectivity index (χ4n) is 2.60. The Kier molecular flexibility index (Phi) is 5.79. The molecule has 0 atom stereocenters. The Labute approximate surface area is 165 Å². The van der Waals surface area contributed by atoms with Crippen LogP contribution in [0.15, 0.2) is 59.5 Å². The Bertz CT molecular complexity index is 1050. The second-order valence-corrected chi connectivity index (χ2v) is 8.02. The number of aryl methyl sites for hydroxylation is 2. The van der Waals surface area contributed by atoms with Crippen molar-refractivity contribution in [2.24, 2.45) is 0 Å². The maximum atomic E-state index is 12.5. The zero-order valence-electron chi connectivity index (χ0n) is 16.0. The highest BCUT2D eigenvalue weighted by molar-refractivity contribution is 7.92. The van der Waals surface area contributed by atoms with Crippen LogP contribution in [0.2, 0.25) is 0 Å². The first-order valence-electron chi connectivity index (χ1n) is 8.92. The molecule has 0 amide bonds. The molecule has 0 aliphatic carbocycles. The molecule has 2 aromatic carbocycles. The van der Waals surface area contributed by atoms with E-state index in [9.17, 15) is 8.42 Å². The lowest BCUT2D eigenvalue weighted by Gasteiger charge is -2.11. The molecule has 1 aromatic heterocycles. The SMILES string of the molecule is CCNc1cc(Nc2ccc(NS(=O)(=O)c3ccc(C)cc3)cc2)nc(C)n1. The lowest BCUT2D eigenvalue weighted by atomic mass is 10.2. The number of nitrogens with zero attached hydrogens (tertiary/aromatic N) is 2. The van der Waals surface area contributed by atoms with E-state index in [0.717, 1.165) is 23.6 Å². The molecule has 0 spiro atoms. The number of sulfonamides is 1. The highest BCUT2D eigenvalue weighted by Crippen LogP contribution is 2.21. The van der Waals surface area contributed by atoms with Gasteiger partial charge < -0.3 is 10.6 Å². The number of aromatic nitrogens is 2. The summed E-state index contributed by atoms with van der Waals surface area (Å²) >= 11 is 0. The Morgan fingerprint density at radius 1 is 0.857 bits per heavy atom. The number of nitrogens with one attached hydrogen (secondary N) is 3. The van der Waals surface area contributed by atoms with Crippen molar-refractivity contribution >= 4 is 33.0 Å². The smallest absolute Gasteiger partial charge is 0.261 e. The zero-order valence-corrected chi connectivity index (χ0v) is 16.8. The number of rotatable bonds is 7. The molecule has 0 unspecified atom stereocenters. The third-order valence-electron chi connectivity index (χ3n) is 3.94. The molecule has 28 heavy (non-hydrogen) atoms. The summed E-state index contributed by atoms with van der Waals surface area (Å²) in [5.41, 5.74) is 2.28. The van der Waals surface area contributed by atoms with E-state index in [1.165, 1.54) is 0 Å². The van der Waals surface area contributed by atoms with Crippen LogP contribution in [0.5, 0.6) is 0 Å². The van der Waals surface area contributed by atoms with Crippen LogP contribution < -0.4 is 15.4 Å². The predicted octanol–water partition coefficient (Wildman–Crippen LogP) is 4.07. The van der Waals surface area contributed by atoms with Gasteiger partial charge >= 0.3 is 0 Å². The van der Waals surface area contributed by atoms with Crippen LogP contribution in [-0.2, 0) is 10.0 Å². The molecule has 3 rings (SSSR count). The topological polar surface area (TPSA) is 96.0 Å². The molecule has 8 heteroatoms. The van der Waals surface area contributed by atoms with E-state index in [1.54, 1.807) is 48.5 Å². The quantitative estimate of drug-likeness (QED) is 0.556. The first kappa shape index (κ1) is 19.6. The summed E-state index contributed by atoms with van der Waals surface area (Å²) in [5.74, 6) is 2.07. The van der Waals surface area contributed by atoms with Crippen LogP contribution in [-0.4, -0.2) is 24.9 Å². The van der Waals surface area contributed by atoms with Crippen LogP contribution in [0.4, 0.5) is 23.0 Å². The summed E-state index contributed by atoms with van der Waals surface area (Å²) in [4.78, 5) is 8.91. The summed E-state index contributed by atoms with van der Waals surface area (Å²) < 4.78 is 27.5. The summed E-state index contributed by atoms with van der Waals surface area (Å²) in [7, 11) is -3.62. The van der Waals surface area contributed by atoms with Gasteiger partial charge in [-0.25, -0.2) is 18.4 Å². The van der Waals surface area contributed by atoms with Crippen LogP contribution in [0.25, 0.3) is 0 Å². The van der Waals surface area contributed by atoms with Crippen molar-refractivity contribution in [3.05, 3.63) is 66.0 Å². The van der Waals surface area contributed by atoms with Crippen molar-refractivity contribution in [2.75, 3.05) is 21.9 Å². The van der Waals surface area contributed by atoms with Crippen molar-refractivity contribution in [1.29, 1.82) is 0 Å². The van der Waals surface area contributed by atoms with Gasteiger partial charge in [0.2, 0.25) is 0 Å². The van der Waals surface area contributed by atoms with Crippen molar-refractivity contribution in [2.45, 2.75) is 25.7 Å². The van der Waals surface area contributed by atoms with Crippen LogP contribution in [0.3, 0.4) is 0 Å². The van der Waals surface area contributed by atoms with E-state index in [1.807, 2.05) is 26.8 Å². The molecule has 0 fully saturated rings. The van der Waals surface area contributed by atoms with Crippen molar-refractivity contribution < 1.29 is 8.42 Å². The van der Waals surface area contributed by atoms with Crippen LogP contribution in [0, 0.1) is 13.8 Å². The van der Waals surface area contributed by atoms with Gasteiger partial charge in [0.1, 0.15) is 17.5 Å². The van der Waals surface area contributed by atoms with Crippen LogP contribution >= 0.6 is 0 Å². The molecule has 0 bridgehead atoms. The maximum absolute atomic E-state index is 12.5. The molecular weight excluding hydrogens is 374 g/mol. The molecule has 3 aromatic rings. The Morgan fingerprint density at radius 3 is 2.11 bits per heavy atom. The van der Waals surface area contributed by atoms with E-state index in [2.05, 4.69) is 25.3 Å². The van der Waals surface area contributed by atoms with Gasteiger partial charge in [-0.2, -0.15) is 0 Å². The molecule has 7 nitrogen and oxygen atoms in total. The lowest BCUT2D eigenvalue weighted by molar-refractivity contribution is 0.601. The minimum absolute atomic E-state index is 0.229. The first-order valence-corrected chi connectivity index (χ1v) is 10.4. The number of hydrogen-bond acceptors (Lipinski definition) is 6. The van der Waals surface area contributed by atoms with Gasteiger partial charge in [0.25, 0.3) is 10.0 Å². The monoisotopic (exact) mass is 397 g/mol. The molecule has 0 radical (unpaired) electrons. The Balaban J connectivity index is 1.72. The minimum Gasteiger partial charge on any atom is -0.370 e. The van der Waals surface area contributed by atoms with Gasteiger partial charge in [0, 0.05) is 24.0 Å². The summed E-state index contributed by atoms with van der Waals surface area (Å²) in [6, 6.07) is 15.5. The van der Waals surface area contributed by atoms with E-state index in [0.29, 0.717) is 17.3 Å². The van der Waals surface area contributed by atoms with E-state index >= 15 is 0 Å². The van der Waals surface area contributed by atoms with Crippen molar-refractivity contribution in [1.82, 2.24) is 9.97 Å². The average molecular weight is 398 g/mol. The van der Waals surface area contributed by atoms with E-state index in [4.69, 9.17) is 0 Å². The van der Waals surface area contributed by atoms with Gasteiger partial charge in [-0.05, 0) is 57.2 Å². The van der Waals surface area contributed by atoms with E-state index < -0.39 is 10.0 Å². The third-order valence-corrected chi connectivity index (χ3v) is 5.33. The van der Waals surface area contributed by atoms with Gasteiger partial charge in [0.05, 0.1) is 4.90 Å². The lowest BCUT2D eigenvalue weighted by Crippen LogP contribution is -2.12. The second kappa shape index (κ2) is 8.26. The molecule has 0 saturated carbocycles. The third kappa shape index (κ3) is 4.98. The fraction of sp³-hybridized carbons (Fsp3) is 0.200. The average Bonchev–Trinajstić information content (AvgIpc) is 2.63. The number of benzene rings is 2. The highest BCUT2D eigenvalue weighted by atomic mass is 32.2. The van der Waals surface area contributed by atoms with Gasteiger partial charge in [-0.3, -0.25) is 4.72 Å². The van der Waals surface area contributed by atoms with Crippen molar-refractivity contribution in [3.63, 3.8) is 0 Å². The number of anilines is 4. The summed E-state index contributed by atoms with van der Waals surface area (Å²) in [6.07, 6.45) is 0. The first-order chi connectivity index (χ1) is 13.4. The normalized spacial score (nSPS) is 11.1. The summed E-state index contributed by atoms with van der Waals surface area (Å²) in [6.45, 7) is 6.51. The standard InChI is InChI=1S/C20H23N5O2S/c1-4-21-19-13-20(23-15(3)22-19)24-16-7-9-17(10-8-16)25-28(26,27)18-11-5-14(2)6-12-18/h5-13,25H,4H2,1-3H3,(H2,21,22,23,24). The van der Waals surface area contributed by atoms with Crippen molar-refractivity contribution in [3.8, 4) is 0 Å². The maximum Gasteiger partial charge on any atom is 0.261 e. The van der Waals surface area contributed by atoms with E-state index in [-0.39, 0.29) is 4.90 Å². The van der Waals surface area contributed by atoms with Gasteiger partial charge in [0.15, 0.2) is 0 Å². The summed E-state index contributed by atoms with van der Waals surface area (Å²) in [5, 5.41) is 6.36. The molecule has 146 valence electrons.